The van der Waals surface area contributed by atoms with Gasteiger partial charge in [0.05, 0.1) is 31.7 Å². The molecule has 0 aliphatic heterocycles. The van der Waals surface area contributed by atoms with Crippen LogP contribution in [0.3, 0.4) is 0 Å². The summed E-state index contributed by atoms with van der Waals surface area (Å²) in [7, 11) is 3.12. The van der Waals surface area contributed by atoms with Gasteiger partial charge in [-0.1, -0.05) is 0 Å². The predicted octanol–water partition coefficient (Wildman–Crippen LogP) is 3.17. The number of hydrogen-bond acceptors (Lipinski definition) is 4. The van der Waals surface area contributed by atoms with Crippen LogP contribution in [0.2, 0.25) is 0 Å². The third-order valence-electron chi connectivity index (χ3n) is 3.04. The molecule has 106 valence electrons. The van der Waals surface area contributed by atoms with E-state index in [0.717, 1.165) is 5.56 Å². The van der Waals surface area contributed by atoms with Gasteiger partial charge in [-0.05, 0) is 26.0 Å². The summed E-state index contributed by atoms with van der Waals surface area (Å²) in [5.41, 5.74) is 1.92. The van der Waals surface area contributed by atoms with Crippen LogP contribution in [-0.4, -0.2) is 20.1 Å². The van der Waals surface area contributed by atoms with Crippen molar-refractivity contribution in [2.75, 3.05) is 19.5 Å². The van der Waals surface area contributed by atoms with Gasteiger partial charge in [0.15, 0.2) is 0 Å². The highest BCUT2D eigenvalue weighted by atomic mass is 16.5. The molecule has 1 N–H and O–H groups in total. The Morgan fingerprint density at radius 2 is 1.95 bits per heavy atom. The molecule has 0 fully saturated rings. The Morgan fingerprint density at radius 1 is 1.20 bits per heavy atom. The van der Waals surface area contributed by atoms with E-state index < -0.39 is 0 Å². The summed E-state index contributed by atoms with van der Waals surface area (Å²) in [6.07, 6.45) is 1.56. The summed E-state index contributed by atoms with van der Waals surface area (Å²) >= 11 is 0. The fraction of sp³-hybridized carbons (Fsp3) is 0.267. The predicted molar refractivity (Wildman–Crippen MR) is 75.7 cm³/mol. The molecule has 0 bridgehead atoms. The minimum atomic E-state index is -0.225. The molecule has 1 heterocycles. The lowest BCUT2D eigenvalue weighted by Crippen LogP contribution is -2.14. The lowest BCUT2D eigenvalue weighted by atomic mass is 10.1. The fourth-order valence-electron chi connectivity index (χ4n) is 2.00. The van der Waals surface area contributed by atoms with Crippen LogP contribution in [0.15, 0.2) is 28.9 Å². The zero-order chi connectivity index (χ0) is 14.7. The fourth-order valence-corrected chi connectivity index (χ4v) is 2.00. The molecule has 0 spiro atoms. The molecule has 0 atom stereocenters. The number of rotatable bonds is 4. The van der Waals surface area contributed by atoms with Crippen molar-refractivity contribution in [3.63, 3.8) is 0 Å². The quantitative estimate of drug-likeness (QED) is 0.931. The second kappa shape index (κ2) is 5.69. The number of carbonyl (C=O) groups excluding carboxylic acids is 1. The highest BCUT2D eigenvalue weighted by Gasteiger charge is 2.17. The van der Waals surface area contributed by atoms with Crippen molar-refractivity contribution in [3.05, 3.63) is 41.3 Å². The van der Waals surface area contributed by atoms with Crippen molar-refractivity contribution < 1.29 is 18.7 Å². The minimum absolute atomic E-state index is 0.225. The number of amides is 1. The molecule has 5 nitrogen and oxygen atoms in total. The van der Waals surface area contributed by atoms with E-state index in [1.54, 1.807) is 45.6 Å². The smallest absolute Gasteiger partial charge is 0.259 e. The van der Waals surface area contributed by atoms with Crippen LogP contribution in [0.1, 0.15) is 21.7 Å². The van der Waals surface area contributed by atoms with Gasteiger partial charge in [0.2, 0.25) is 0 Å². The summed E-state index contributed by atoms with van der Waals surface area (Å²) in [6.45, 7) is 3.59. The number of hydrogen-bond donors (Lipinski definition) is 1. The van der Waals surface area contributed by atoms with Crippen LogP contribution >= 0.6 is 0 Å². The molecule has 1 aromatic heterocycles. The summed E-state index contributed by atoms with van der Waals surface area (Å²) in [5, 5.41) is 2.82. The third kappa shape index (κ3) is 2.61. The number of ether oxygens (including phenoxy) is 2. The van der Waals surface area contributed by atoms with Crippen molar-refractivity contribution >= 4 is 11.6 Å². The molecule has 0 saturated carbocycles. The lowest BCUT2D eigenvalue weighted by Gasteiger charge is -2.11. The average Bonchev–Trinajstić information content (AvgIpc) is 2.78. The number of methoxy groups -OCH3 is 2. The Bertz CT molecular complexity index is 611. The van der Waals surface area contributed by atoms with E-state index in [2.05, 4.69) is 5.32 Å². The zero-order valence-electron chi connectivity index (χ0n) is 11.9. The largest absolute Gasteiger partial charge is 0.497 e. The van der Waals surface area contributed by atoms with Crippen molar-refractivity contribution in [1.82, 2.24) is 0 Å². The summed E-state index contributed by atoms with van der Waals surface area (Å²) < 4.78 is 15.6. The molecule has 5 heteroatoms. The Kier molecular flexibility index (Phi) is 3.98. The molecule has 2 rings (SSSR count). The first-order valence-corrected chi connectivity index (χ1v) is 6.15. The molecule has 0 saturated heterocycles. The molecule has 20 heavy (non-hydrogen) atoms. The SMILES string of the molecule is COc1ccc(NC(=O)c2c(C)coc2C)c(OC)c1. The highest BCUT2D eigenvalue weighted by molar-refractivity contribution is 6.06. The number of aryl methyl sites for hydroxylation is 2. The Morgan fingerprint density at radius 3 is 2.50 bits per heavy atom. The van der Waals surface area contributed by atoms with Crippen LogP contribution in [0.25, 0.3) is 0 Å². The molecule has 2 aromatic rings. The maximum Gasteiger partial charge on any atom is 0.259 e. The number of nitrogens with one attached hydrogen (secondary N) is 1. The number of carbonyl (C=O) groups is 1. The van der Waals surface area contributed by atoms with E-state index in [1.807, 2.05) is 6.92 Å². The first-order valence-electron chi connectivity index (χ1n) is 6.15. The van der Waals surface area contributed by atoms with Crippen molar-refractivity contribution in [2.45, 2.75) is 13.8 Å². The summed E-state index contributed by atoms with van der Waals surface area (Å²) in [4.78, 5) is 12.3. The molecule has 1 amide bonds. The van der Waals surface area contributed by atoms with Gasteiger partial charge in [-0.2, -0.15) is 0 Å². The van der Waals surface area contributed by atoms with Crippen molar-refractivity contribution in [3.8, 4) is 11.5 Å². The minimum Gasteiger partial charge on any atom is -0.497 e. The maximum absolute atomic E-state index is 12.3. The van der Waals surface area contributed by atoms with Crippen LogP contribution in [0.4, 0.5) is 5.69 Å². The highest BCUT2D eigenvalue weighted by Crippen LogP contribution is 2.30. The van der Waals surface area contributed by atoms with E-state index in [-0.39, 0.29) is 5.91 Å². The van der Waals surface area contributed by atoms with E-state index in [0.29, 0.717) is 28.5 Å². The van der Waals surface area contributed by atoms with E-state index in [1.165, 1.54) is 0 Å². The van der Waals surface area contributed by atoms with Gasteiger partial charge < -0.3 is 19.2 Å². The third-order valence-corrected chi connectivity index (χ3v) is 3.04. The average molecular weight is 275 g/mol. The second-order valence-electron chi connectivity index (χ2n) is 4.37. The van der Waals surface area contributed by atoms with Gasteiger partial charge >= 0.3 is 0 Å². The van der Waals surface area contributed by atoms with Gasteiger partial charge in [0.25, 0.3) is 5.91 Å². The van der Waals surface area contributed by atoms with Crippen molar-refractivity contribution in [1.29, 1.82) is 0 Å². The van der Waals surface area contributed by atoms with E-state index in [4.69, 9.17) is 13.9 Å². The van der Waals surface area contributed by atoms with Crippen LogP contribution < -0.4 is 14.8 Å². The maximum atomic E-state index is 12.3. The van der Waals surface area contributed by atoms with Crippen LogP contribution in [0, 0.1) is 13.8 Å². The summed E-state index contributed by atoms with van der Waals surface area (Å²) in [6, 6.07) is 5.21. The second-order valence-corrected chi connectivity index (χ2v) is 4.37. The molecular weight excluding hydrogens is 258 g/mol. The van der Waals surface area contributed by atoms with Gasteiger partial charge in [-0.25, -0.2) is 0 Å². The number of anilines is 1. The molecule has 0 aliphatic carbocycles. The van der Waals surface area contributed by atoms with Gasteiger partial charge in [0.1, 0.15) is 17.3 Å². The monoisotopic (exact) mass is 275 g/mol. The number of benzene rings is 1. The van der Waals surface area contributed by atoms with Crippen LogP contribution in [0.5, 0.6) is 11.5 Å². The summed E-state index contributed by atoms with van der Waals surface area (Å²) in [5.74, 6) is 1.57. The first-order chi connectivity index (χ1) is 9.56. The Labute approximate surface area is 117 Å². The number of furan rings is 1. The van der Waals surface area contributed by atoms with Gasteiger partial charge in [-0.3, -0.25) is 4.79 Å². The zero-order valence-corrected chi connectivity index (χ0v) is 11.9. The topological polar surface area (TPSA) is 60.7 Å². The normalized spacial score (nSPS) is 10.2. The Balaban J connectivity index is 2.28. The van der Waals surface area contributed by atoms with Gasteiger partial charge in [0, 0.05) is 11.6 Å². The Hall–Kier alpha value is -2.43. The van der Waals surface area contributed by atoms with Crippen molar-refractivity contribution in [2.24, 2.45) is 0 Å². The first kappa shape index (κ1) is 14.0. The molecule has 0 aliphatic rings. The van der Waals surface area contributed by atoms with Gasteiger partial charge in [-0.15, -0.1) is 0 Å². The molecule has 1 aromatic carbocycles. The lowest BCUT2D eigenvalue weighted by molar-refractivity contribution is 0.102. The van der Waals surface area contributed by atoms with E-state index >= 15 is 0 Å². The molecule has 0 unspecified atom stereocenters. The van der Waals surface area contributed by atoms with Crippen LogP contribution in [-0.2, 0) is 0 Å². The molecule has 0 radical (unpaired) electrons. The standard InChI is InChI=1S/C15H17NO4/c1-9-8-20-10(2)14(9)15(17)16-12-6-5-11(18-3)7-13(12)19-4/h5-8H,1-4H3,(H,16,17). The van der Waals surface area contributed by atoms with E-state index in [9.17, 15) is 4.79 Å². The molecular formula is C15H17NO4.